The summed E-state index contributed by atoms with van der Waals surface area (Å²) in [7, 11) is 0. The van der Waals surface area contributed by atoms with Crippen molar-refractivity contribution in [2.45, 2.75) is 37.9 Å². The quantitative estimate of drug-likeness (QED) is 0.797. The molecule has 1 aliphatic rings. The van der Waals surface area contributed by atoms with Crippen molar-refractivity contribution >= 4 is 11.6 Å². The van der Waals surface area contributed by atoms with Crippen molar-refractivity contribution < 1.29 is 14.3 Å². The van der Waals surface area contributed by atoms with E-state index in [1.807, 2.05) is 60.7 Å². The summed E-state index contributed by atoms with van der Waals surface area (Å²) in [5.41, 5.74) is 1.70. The van der Waals surface area contributed by atoms with Gasteiger partial charge in [0.15, 0.2) is 5.78 Å². The Labute approximate surface area is 136 Å². The lowest BCUT2D eigenvalue weighted by Gasteiger charge is -2.21. The van der Waals surface area contributed by atoms with Crippen molar-refractivity contribution in [2.75, 3.05) is 0 Å². The lowest BCUT2D eigenvalue weighted by atomic mass is 10.0. The molecular weight excluding hydrogens is 288 g/mol. The zero-order chi connectivity index (χ0) is 16.1. The van der Waals surface area contributed by atoms with Crippen molar-refractivity contribution in [3.8, 4) is 0 Å². The predicted octanol–water partition coefficient (Wildman–Crippen LogP) is 4.14. The van der Waals surface area contributed by atoms with E-state index >= 15 is 0 Å². The van der Waals surface area contributed by atoms with Crippen LogP contribution in [0.1, 0.15) is 47.7 Å². The first-order valence-corrected chi connectivity index (χ1v) is 8.03. The predicted molar refractivity (Wildman–Crippen MR) is 88.3 cm³/mol. The van der Waals surface area contributed by atoms with Crippen molar-refractivity contribution in [2.24, 2.45) is 0 Å². The van der Waals surface area contributed by atoms with Gasteiger partial charge >= 0.3 is 0 Å². The van der Waals surface area contributed by atoms with Crippen LogP contribution in [-0.2, 0) is 9.53 Å². The van der Waals surface area contributed by atoms with Crippen LogP contribution in [0.5, 0.6) is 0 Å². The molecule has 3 rings (SSSR count). The highest BCUT2D eigenvalue weighted by Crippen LogP contribution is 2.30. The molecule has 3 nitrogen and oxygen atoms in total. The van der Waals surface area contributed by atoms with Gasteiger partial charge in [0, 0.05) is 24.8 Å². The van der Waals surface area contributed by atoms with Crippen LogP contribution in [0.25, 0.3) is 0 Å². The van der Waals surface area contributed by atoms with Crippen molar-refractivity contribution in [1.29, 1.82) is 0 Å². The van der Waals surface area contributed by atoms with Gasteiger partial charge in [0.1, 0.15) is 5.78 Å². The fraction of sp³-hybridized carbons (Fsp3) is 0.300. The topological polar surface area (TPSA) is 43.4 Å². The van der Waals surface area contributed by atoms with E-state index in [4.69, 9.17) is 4.74 Å². The van der Waals surface area contributed by atoms with Crippen LogP contribution in [0.15, 0.2) is 60.7 Å². The van der Waals surface area contributed by atoms with E-state index in [0.717, 1.165) is 5.56 Å². The van der Waals surface area contributed by atoms with Crippen LogP contribution in [0.3, 0.4) is 0 Å². The average Bonchev–Trinajstić information content (AvgIpc) is 2.78. The van der Waals surface area contributed by atoms with Crippen molar-refractivity contribution in [3.63, 3.8) is 0 Å². The van der Waals surface area contributed by atoms with E-state index in [9.17, 15) is 9.59 Å². The second-order valence-electron chi connectivity index (χ2n) is 5.93. The Morgan fingerprint density at radius 3 is 2.35 bits per heavy atom. The Morgan fingerprint density at radius 1 is 1.00 bits per heavy atom. The normalized spacial score (nSPS) is 21.7. The second-order valence-corrected chi connectivity index (χ2v) is 5.93. The van der Waals surface area contributed by atoms with Gasteiger partial charge in [-0.05, 0) is 12.0 Å². The summed E-state index contributed by atoms with van der Waals surface area (Å²) in [6.45, 7) is 0. The molecular formula is C20H20O3. The summed E-state index contributed by atoms with van der Waals surface area (Å²) < 4.78 is 6.12. The van der Waals surface area contributed by atoms with Crippen molar-refractivity contribution in [1.82, 2.24) is 0 Å². The maximum Gasteiger partial charge on any atom is 0.165 e. The van der Waals surface area contributed by atoms with E-state index < -0.39 is 0 Å². The van der Waals surface area contributed by atoms with Gasteiger partial charge in [-0.2, -0.15) is 0 Å². The molecule has 0 bridgehead atoms. The Bertz CT molecular complexity index is 664. The number of Topliss-reactive ketones (excluding diaryl/α,β-unsaturated/α-hetero) is 2. The van der Waals surface area contributed by atoms with Crippen LogP contribution in [0.4, 0.5) is 0 Å². The van der Waals surface area contributed by atoms with E-state index in [0.29, 0.717) is 31.2 Å². The fourth-order valence-electron chi connectivity index (χ4n) is 2.94. The number of hydrogen-bond donors (Lipinski definition) is 0. The van der Waals surface area contributed by atoms with Gasteiger partial charge in [0.2, 0.25) is 0 Å². The number of rotatable bonds is 4. The van der Waals surface area contributed by atoms with Gasteiger partial charge in [-0.15, -0.1) is 0 Å². The molecule has 1 fully saturated rings. The molecule has 1 heterocycles. The number of hydrogen-bond acceptors (Lipinski definition) is 3. The summed E-state index contributed by atoms with van der Waals surface area (Å²) >= 11 is 0. The molecule has 0 amide bonds. The molecule has 0 unspecified atom stereocenters. The number of benzene rings is 2. The fourth-order valence-corrected chi connectivity index (χ4v) is 2.94. The SMILES string of the molecule is O=C1CC[C@@H](CC(=O)c2ccccc2)O[C@H](c2ccccc2)C1. The van der Waals surface area contributed by atoms with Crippen LogP contribution < -0.4 is 0 Å². The van der Waals surface area contributed by atoms with E-state index in [-0.39, 0.29) is 23.8 Å². The van der Waals surface area contributed by atoms with Crippen LogP contribution in [-0.4, -0.2) is 17.7 Å². The molecule has 0 aliphatic carbocycles. The Hall–Kier alpha value is -2.26. The minimum Gasteiger partial charge on any atom is -0.369 e. The lowest BCUT2D eigenvalue weighted by molar-refractivity contribution is -0.120. The molecule has 118 valence electrons. The first kappa shape index (κ1) is 15.6. The maximum absolute atomic E-state index is 12.4. The minimum atomic E-state index is -0.250. The Morgan fingerprint density at radius 2 is 1.65 bits per heavy atom. The molecule has 2 aromatic rings. The van der Waals surface area contributed by atoms with Gasteiger partial charge in [-0.25, -0.2) is 0 Å². The molecule has 0 spiro atoms. The summed E-state index contributed by atoms with van der Waals surface area (Å²) in [6.07, 6.45) is 1.34. The summed E-state index contributed by atoms with van der Waals surface area (Å²) in [5, 5.41) is 0. The highest BCUT2D eigenvalue weighted by molar-refractivity contribution is 5.96. The van der Waals surface area contributed by atoms with Gasteiger partial charge < -0.3 is 4.74 Å². The van der Waals surface area contributed by atoms with Crippen LogP contribution in [0.2, 0.25) is 0 Å². The molecule has 3 heteroatoms. The molecule has 23 heavy (non-hydrogen) atoms. The zero-order valence-electron chi connectivity index (χ0n) is 13.0. The lowest BCUT2D eigenvalue weighted by Crippen LogP contribution is -2.19. The molecule has 0 aromatic heterocycles. The molecule has 0 saturated carbocycles. The monoisotopic (exact) mass is 308 g/mol. The summed E-state index contributed by atoms with van der Waals surface area (Å²) in [6, 6.07) is 19.0. The molecule has 0 radical (unpaired) electrons. The Balaban J connectivity index is 1.72. The third-order valence-electron chi connectivity index (χ3n) is 4.20. The summed E-state index contributed by atoms with van der Waals surface area (Å²) in [5.74, 6) is 0.269. The second kappa shape index (κ2) is 7.34. The number of ether oxygens (including phenoxy) is 1. The molecule has 1 aliphatic heterocycles. The Kier molecular flexibility index (Phi) is 4.99. The largest absolute Gasteiger partial charge is 0.369 e. The molecule has 2 atom stereocenters. The maximum atomic E-state index is 12.4. The van der Waals surface area contributed by atoms with E-state index in [2.05, 4.69) is 0 Å². The first-order chi connectivity index (χ1) is 11.2. The van der Waals surface area contributed by atoms with E-state index in [1.54, 1.807) is 0 Å². The number of carbonyl (C=O) groups is 2. The molecule has 2 aromatic carbocycles. The summed E-state index contributed by atoms with van der Waals surface area (Å²) in [4.78, 5) is 24.4. The molecule has 1 saturated heterocycles. The number of ketones is 2. The number of carbonyl (C=O) groups excluding carboxylic acids is 2. The third-order valence-corrected chi connectivity index (χ3v) is 4.20. The minimum absolute atomic E-state index is 0.0664. The highest BCUT2D eigenvalue weighted by Gasteiger charge is 2.27. The standard InChI is InChI=1S/C20H20O3/c21-17-11-12-18(14-19(22)15-7-3-1-4-8-15)23-20(13-17)16-9-5-2-6-10-16/h1-10,18,20H,11-14H2/t18-,20-/m0/s1. The van der Waals surface area contributed by atoms with Crippen molar-refractivity contribution in [3.05, 3.63) is 71.8 Å². The third kappa shape index (κ3) is 4.14. The van der Waals surface area contributed by atoms with Gasteiger partial charge in [-0.3, -0.25) is 9.59 Å². The zero-order valence-corrected chi connectivity index (χ0v) is 13.0. The van der Waals surface area contributed by atoms with Gasteiger partial charge in [-0.1, -0.05) is 60.7 Å². The van der Waals surface area contributed by atoms with E-state index in [1.165, 1.54) is 0 Å². The molecule has 0 N–H and O–H groups in total. The van der Waals surface area contributed by atoms with Crippen LogP contribution >= 0.6 is 0 Å². The van der Waals surface area contributed by atoms with Crippen LogP contribution in [0, 0.1) is 0 Å². The first-order valence-electron chi connectivity index (χ1n) is 8.03. The average molecular weight is 308 g/mol. The smallest absolute Gasteiger partial charge is 0.165 e. The van der Waals surface area contributed by atoms with Gasteiger partial charge in [0.25, 0.3) is 0 Å². The van der Waals surface area contributed by atoms with Gasteiger partial charge in [0.05, 0.1) is 12.2 Å². The highest BCUT2D eigenvalue weighted by atomic mass is 16.5.